The van der Waals surface area contributed by atoms with Crippen LogP contribution in [0.1, 0.15) is 25.3 Å². The molecule has 0 saturated carbocycles. The molecule has 7 heteroatoms. The zero-order valence-corrected chi connectivity index (χ0v) is 15.5. The summed E-state index contributed by atoms with van der Waals surface area (Å²) in [6.07, 6.45) is 0.674. The molecule has 0 radical (unpaired) electrons. The number of sulfone groups is 1. The number of anilines is 1. The molecular formula is C18H24N2O4S. The maximum atomic E-state index is 12.9. The Bertz CT molecular complexity index is 790. The van der Waals surface area contributed by atoms with E-state index in [0.29, 0.717) is 19.5 Å². The van der Waals surface area contributed by atoms with E-state index in [-0.39, 0.29) is 35.8 Å². The third kappa shape index (κ3) is 3.56. The molecule has 2 unspecified atom stereocenters. The Hall–Kier alpha value is -1.89. The zero-order chi connectivity index (χ0) is 18.2. The van der Waals surface area contributed by atoms with Gasteiger partial charge in [-0.15, -0.1) is 0 Å². The fourth-order valence-electron chi connectivity index (χ4n) is 3.82. The zero-order valence-electron chi connectivity index (χ0n) is 14.6. The Morgan fingerprint density at radius 3 is 2.64 bits per heavy atom. The van der Waals surface area contributed by atoms with Crippen molar-refractivity contribution in [3.8, 4) is 0 Å². The van der Waals surface area contributed by atoms with Crippen LogP contribution in [0.3, 0.4) is 0 Å². The Morgan fingerprint density at radius 2 is 2.04 bits per heavy atom. The molecule has 2 atom stereocenters. The number of hydrogen-bond donors (Lipinski definition) is 0. The van der Waals surface area contributed by atoms with Crippen LogP contribution >= 0.6 is 0 Å². The van der Waals surface area contributed by atoms with Gasteiger partial charge in [-0.05, 0) is 31.9 Å². The normalized spacial score (nSPS) is 25.4. The molecule has 2 aliphatic rings. The van der Waals surface area contributed by atoms with Crippen LogP contribution in [0.15, 0.2) is 24.3 Å². The van der Waals surface area contributed by atoms with E-state index >= 15 is 0 Å². The molecule has 2 heterocycles. The standard InChI is InChI=1S/C18H24N2O4S/c1-3-19(15-8-9-25(23,24)12-15)18(22)14-10-17(21)20(11-14)16-7-5-4-6-13(16)2/h4-7,14-15H,3,8-12H2,1-2H3. The van der Waals surface area contributed by atoms with E-state index in [1.807, 2.05) is 38.1 Å². The van der Waals surface area contributed by atoms with Crippen molar-refractivity contribution in [2.24, 2.45) is 5.92 Å². The van der Waals surface area contributed by atoms with E-state index in [9.17, 15) is 18.0 Å². The van der Waals surface area contributed by atoms with Gasteiger partial charge in [0.05, 0.1) is 17.4 Å². The molecule has 2 saturated heterocycles. The summed E-state index contributed by atoms with van der Waals surface area (Å²) in [4.78, 5) is 28.7. The maximum absolute atomic E-state index is 12.9. The Kier molecular flexibility index (Phi) is 4.86. The molecule has 0 N–H and O–H groups in total. The highest BCUT2D eigenvalue weighted by Gasteiger charge is 2.41. The molecule has 1 aromatic rings. The van der Waals surface area contributed by atoms with Gasteiger partial charge in [0.15, 0.2) is 9.84 Å². The van der Waals surface area contributed by atoms with Gasteiger partial charge in [0.1, 0.15) is 0 Å². The van der Waals surface area contributed by atoms with Gasteiger partial charge >= 0.3 is 0 Å². The van der Waals surface area contributed by atoms with Gasteiger partial charge in [-0.25, -0.2) is 8.42 Å². The van der Waals surface area contributed by atoms with Crippen molar-refractivity contribution >= 4 is 27.3 Å². The second-order valence-electron chi connectivity index (χ2n) is 6.87. The van der Waals surface area contributed by atoms with E-state index < -0.39 is 15.8 Å². The predicted molar refractivity (Wildman–Crippen MR) is 96.1 cm³/mol. The van der Waals surface area contributed by atoms with Crippen LogP contribution in [0.25, 0.3) is 0 Å². The summed E-state index contributed by atoms with van der Waals surface area (Å²) in [5.74, 6) is -0.387. The highest BCUT2D eigenvalue weighted by atomic mass is 32.2. The summed E-state index contributed by atoms with van der Waals surface area (Å²) < 4.78 is 23.5. The minimum Gasteiger partial charge on any atom is -0.339 e. The largest absolute Gasteiger partial charge is 0.339 e. The SMILES string of the molecule is CCN(C(=O)C1CC(=O)N(c2ccccc2C)C1)C1CCS(=O)(=O)C1. The molecule has 136 valence electrons. The average molecular weight is 364 g/mol. The molecule has 3 rings (SSSR count). The Labute approximate surface area is 148 Å². The maximum Gasteiger partial charge on any atom is 0.228 e. The van der Waals surface area contributed by atoms with E-state index in [1.165, 1.54) is 0 Å². The molecule has 2 aliphatic heterocycles. The highest BCUT2D eigenvalue weighted by molar-refractivity contribution is 7.91. The highest BCUT2D eigenvalue weighted by Crippen LogP contribution is 2.30. The number of benzene rings is 1. The van der Waals surface area contributed by atoms with Gasteiger partial charge in [-0.2, -0.15) is 0 Å². The van der Waals surface area contributed by atoms with Gasteiger partial charge in [0, 0.05) is 31.2 Å². The molecule has 1 aromatic carbocycles. The summed E-state index contributed by atoms with van der Waals surface area (Å²) in [5, 5.41) is 0. The number of hydrogen-bond acceptors (Lipinski definition) is 4. The molecule has 0 aliphatic carbocycles. The molecular weight excluding hydrogens is 340 g/mol. The van der Waals surface area contributed by atoms with Crippen molar-refractivity contribution in [3.63, 3.8) is 0 Å². The van der Waals surface area contributed by atoms with Crippen molar-refractivity contribution < 1.29 is 18.0 Å². The molecule has 2 fully saturated rings. The fourth-order valence-corrected chi connectivity index (χ4v) is 5.55. The second kappa shape index (κ2) is 6.78. The topological polar surface area (TPSA) is 74.8 Å². The summed E-state index contributed by atoms with van der Waals surface area (Å²) in [6.45, 7) is 4.63. The van der Waals surface area contributed by atoms with E-state index in [4.69, 9.17) is 0 Å². The predicted octanol–water partition coefficient (Wildman–Crippen LogP) is 1.38. The van der Waals surface area contributed by atoms with Crippen molar-refractivity contribution in [3.05, 3.63) is 29.8 Å². The number of rotatable bonds is 4. The quantitative estimate of drug-likeness (QED) is 0.809. The van der Waals surface area contributed by atoms with Gasteiger partial charge in [0.25, 0.3) is 0 Å². The first-order chi connectivity index (χ1) is 11.8. The van der Waals surface area contributed by atoms with Gasteiger partial charge in [0.2, 0.25) is 11.8 Å². The van der Waals surface area contributed by atoms with Crippen LogP contribution in [0.4, 0.5) is 5.69 Å². The lowest BCUT2D eigenvalue weighted by atomic mass is 10.1. The Morgan fingerprint density at radius 1 is 1.32 bits per heavy atom. The van der Waals surface area contributed by atoms with Crippen LogP contribution in [0.2, 0.25) is 0 Å². The summed E-state index contributed by atoms with van der Waals surface area (Å²) in [6, 6.07) is 7.37. The lowest BCUT2D eigenvalue weighted by Crippen LogP contribution is -2.44. The number of amides is 2. The molecule has 6 nitrogen and oxygen atoms in total. The van der Waals surface area contributed by atoms with E-state index in [1.54, 1.807) is 9.80 Å². The molecule has 0 bridgehead atoms. The van der Waals surface area contributed by atoms with Crippen LogP contribution < -0.4 is 4.90 Å². The minimum atomic E-state index is -3.05. The molecule has 25 heavy (non-hydrogen) atoms. The number of aryl methyl sites for hydroxylation is 1. The molecule has 0 spiro atoms. The van der Waals surface area contributed by atoms with Crippen molar-refractivity contribution in [1.29, 1.82) is 0 Å². The monoisotopic (exact) mass is 364 g/mol. The van der Waals surface area contributed by atoms with E-state index in [0.717, 1.165) is 11.3 Å². The minimum absolute atomic E-state index is 0.0365. The number of para-hydroxylation sites is 1. The van der Waals surface area contributed by atoms with Crippen LogP contribution in [0.5, 0.6) is 0 Å². The molecule has 0 aromatic heterocycles. The van der Waals surface area contributed by atoms with E-state index in [2.05, 4.69) is 0 Å². The second-order valence-corrected chi connectivity index (χ2v) is 9.10. The third-order valence-electron chi connectivity index (χ3n) is 5.15. The van der Waals surface area contributed by atoms with Crippen LogP contribution in [-0.4, -0.2) is 55.8 Å². The fraction of sp³-hybridized carbons (Fsp3) is 0.556. The summed E-state index contributed by atoms with van der Waals surface area (Å²) >= 11 is 0. The summed E-state index contributed by atoms with van der Waals surface area (Å²) in [7, 11) is -3.05. The Balaban J connectivity index is 1.75. The first-order valence-corrected chi connectivity index (χ1v) is 10.5. The first kappa shape index (κ1) is 17.9. The van der Waals surface area contributed by atoms with Crippen molar-refractivity contribution in [2.45, 2.75) is 32.7 Å². The number of nitrogens with zero attached hydrogens (tertiary/aromatic N) is 2. The number of carbonyl (C=O) groups is 2. The third-order valence-corrected chi connectivity index (χ3v) is 6.90. The van der Waals surface area contributed by atoms with Gasteiger partial charge in [-0.1, -0.05) is 18.2 Å². The first-order valence-electron chi connectivity index (χ1n) is 8.69. The van der Waals surface area contributed by atoms with Gasteiger partial charge < -0.3 is 9.80 Å². The van der Waals surface area contributed by atoms with Gasteiger partial charge in [-0.3, -0.25) is 9.59 Å². The lowest BCUT2D eigenvalue weighted by molar-refractivity contribution is -0.137. The van der Waals surface area contributed by atoms with Crippen molar-refractivity contribution in [2.75, 3.05) is 29.5 Å². The van der Waals surface area contributed by atoms with Crippen molar-refractivity contribution in [1.82, 2.24) is 4.90 Å². The van der Waals surface area contributed by atoms with Crippen LogP contribution in [-0.2, 0) is 19.4 Å². The number of carbonyl (C=O) groups excluding carboxylic acids is 2. The average Bonchev–Trinajstić information content (AvgIpc) is 3.11. The summed E-state index contributed by atoms with van der Waals surface area (Å²) in [5.41, 5.74) is 1.84. The lowest BCUT2D eigenvalue weighted by Gasteiger charge is -2.29. The molecule has 2 amide bonds. The smallest absolute Gasteiger partial charge is 0.228 e. The van der Waals surface area contributed by atoms with Crippen LogP contribution in [0, 0.1) is 12.8 Å².